The molecular formula is C15H13ClN2O3. The molecule has 1 amide bonds. The van der Waals surface area contributed by atoms with Crippen molar-refractivity contribution in [1.82, 2.24) is 4.98 Å². The van der Waals surface area contributed by atoms with Gasteiger partial charge in [0.15, 0.2) is 0 Å². The van der Waals surface area contributed by atoms with E-state index in [9.17, 15) is 9.59 Å². The van der Waals surface area contributed by atoms with Gasteiger partial charge in [-0.1, -0.05) is 17.7 Å². The molecule has 1 aromatic heterocycles. The van der Waals surface area contributed by atoms with Crippen LogP contribution in [0.15, 0.2) is 42.6 Å². The molecule has 21 heavy (non-hydrogen) atoms. The zero-order valence-electron chi connectivity index (χ0n) is 11.3. The second kappa shape index (κ2) is 6.85. The number of anilines is 1. The van der Waals surface area contributed by atoms with Crippen LogP contribution in [0.3, 0.4) is 0 Å². The van der Waals surface area contributed by atoms with Crippen LogP contribution in [-0.2, 0) is 16.0 Å². The van der Waals surface area contributed by atoms with E-state index in [1.807, 2.05) is 0 Å². The Morgan fingerprint density at radius 2 is 2.10 bits per heavy atom. The monoisotopic (exact) mass is 304 g/mol. The summed E-state index contributed by atoms with van der Waals surface area (Å²) in [7, 11) is 1.29. The van der Waals surface area contributed by atoms with Gasteiger partial charge < -0.3 is 10.1 Å². The standard InChI is InChI=1S/C15H13ClN2O3/c1-21-15(20)10-5-6-12(16)13(8-10)18-14(19)9-11-4-2-3-7-17-11/h2-8H,9H2,1H3,(H,18,19). The molecule has 2 rings (SSSR count). The minimum atomic E-state index is -0.494. The summed E-state index contributed by atoms with van der Waals surface area (Å²) in [6.07, 6.45) is 1.74. The molecule has 0 radical (unpaired) electrons. The summed E-state index contributed by atoms with van der Waals surface area (Å²) in [4.78, 5) is 27.5. The first-order chi connectivity index (χ1) is 10.1. The summed E-state index contributed by atoms with van der Waals surface area (Å²) >= 11 is 6.01. The number of aromatic nitrogens is 1. The molecule has 0 unspecified atom stereocenters. The third kappa shape index (κ3) is 4.03. The second-order valence-corrected chi connectivity index (χ2v) is 4.64. The average molecular weight is 305 g/mol. The van der Waals surface area contributed by atoms with Gasteiger partial charge in [0.2, 0.25) is 5.91 Å². The number of amides is 1. The van der Waals surface area contributed by atoms with Gasteiger partial charge in [0.05, 0.1) is 29.8 Å². The molecule has 108 valence electrons. The lowest BCUT2D eigenvalue weighted by atomic mass is 10.2. The molecule has 0 saturated heterocycles. The highest BCUT2D eigenvalue weighted by Gasteiger charge is 2.11. The highest BCUT2D eigenvalue weighted by molar-refractivity contribution is 6.33. The van der Waals surface area contributed by atoms with Crippen molar-refractivity contribution in [2.45, 2.75) is 6.42 Å². The van der Waals surface area contributed by atoms with E-state index < -0.39 is 5.97 Å². The number of pyridine rings is 1. The van der Waals surface area contributed by atoms with Gasteiger partial charge >= 0.3 is 5.97 Å². The van der Waals surface area contributed by atoms with E-state index in [0.717, 1.165) is 0 Å². The fourth-order valence-corrected chi connectivity index (χ4v) is 1.89. The number of rotatable bonds is 4. The number of hydrogen-bond acceptors (Lipinski definition) is 4. The van der Waals surface area contributed by atoms with Crippen LogP contribution >= 0.6 is 11.6 Å². The molecule has 6 heteroatoms. The number of halogens is 1. The number of esters is 1. The Kier molecular flexibility index (Phi) is 4.90. The molecule has 1 heterocycles. The maximum atomic E-state index is 12.0. The molecule has 0 saturated carbocycles. The third-order valence-electron chi connectivity index (χ3n) is 2.73. The number of carbonyl (C=O) groups is 2. The molecule has 2 aromatic rings. The predicted molar refractivity (Wildman–Crippen MR) is 79.4 cm³/mol. The molecular weight excluding hydrogens is 292 g/mol. The average Bonchev–Trinajstić information content (AvgIpc) is 2.49. The Bertz CT molecular complexity index is 659. The van der Waals surface area contributed by atoms with Crippen LogP contribution in [0.25, 0.3) is 0 Å². The summed E-state index contributed by atoms with van der Waals surface area (Å²) in [5.41, 5.74) is 1.32. The van der Waals surface area contributed by atoms with Gasteiger partial charge in [0.1, 0.15) is 0 Å². The molecule has 1 aromatic carbocycles. The number of benzene rings is 1. The Hall–Kier alpha value is -2.40. The molecule has 1 N–H and O–H groups in total. The van der Waals surface area contributed by atoms with Crippen molar-refractivity contribution in [2.75, 3.05) is 12.4 Å². The highest BCUT2D eigenvalue weighted by Crippen LogP contribution is 2.23. The number of nitrogens with one attached hydrogen (secondary N) is 1. The molecule has 0 aliphatic rings. The van der Waals surface area contributed by atoms with Crippen LogP contribution in [0.4, 0.5) is 5.69 Å². The van der Waals surface area contributed by atoms with E-state index in [1.165, 1.54) is 25.3 Å². The first-order valence-corrected chi connectivity index (χ1v) is 6.55. The topological polar surface area (TPSA) is 68.3 Å². The molecule has 0 fully saturated rings. The van der Waals surface area contributed by atoms with Crippen LogP contribution in [0, 0.1) is 0 Å². The van der Waals surface area contributed by atoms with Gasteiger partial charge in [0, 0.05) is 11.9 Å². The van der Waals surface area contributed by atoms with Crippen molar-refractivity contribution in [2.24, 2.45) is 0 Å². The second-order valence-electron chi connectivity index (χ2n) is 4.23. The summed E-state index contributed by atoms with van der Waals surface area (Å²) in [5, 5.41) is 3.00. The van der Waals surface area contributed by atoms with Crippen molar-refractivity contribution < 1.29 is 14.3 Å². The van der Waals surface area contributed by atoms with Gasteiger partial charge in [-0.2, -0.15) is 0 Å². The fraction of sp³-hybridized carbons (Fsp3) is 0.133. The number of carbonyl (C=O) groups excluding carboxylic acids is 2. The van der Waals surface area contributed by atoms with E-state index in [0.29, 0.717) is 22.0 Å². The van der Waals surface area contributed by atoms with Gasteiger partial charge in [0.25, 0.3) is 0 Å². The van der Waals surface area contributed by atoms with Crippen molar-refractivity contribution in [3.63, 3.8) is 0 Å². The normalized spacial score (nSPS) is 10.0. The fourth-order valence-electron chi connectivity index (χ4n) is 1.73. The zero-order chi connectivity index (χ0) is 15.2. The van der Waals surface area contributed by atoms with E-state index in [1.54, 1.807) is 24.4 Å². The lowest BCUT2D eigenvalue weighted by molar-refractivity contribution is -0.115. The first-order valence-electron chi connectivity index (χ1n) is 6.18. The first kappa shape index (κ1) is 15.0. The smallest absolute Gasteiger partial charge is 0.337 e. The summed E-state index contributed by atoms with van der Waals surface area (Å²) < 4.78 is 4.63. The van der Waals surface area contributed by atoms with E-state index in [-0.39, 0.29) is 12.3 Å². The van der Waals surface area contributed by atoms with Crippen LogP contribution in [0.5, 0.6) is 0 Å². The molecule has 0 aliphatic carbocycles. The van der Waals surface area contributed by atoms with Crippen molar-refractivity contribution in [3.8, 4) is 0 Å². The zero-order valence-corrected chi connectivity index (χ0v) is 12.1. The van der Waals surface area contributed by atoms with Crippen LogP contribution < -0.4 is 5.32 Å². The highest BCUT2D eigenvalue weighted by atomic mass is 35.5. The van der Waals surface area contributed by atoms with E-state index in [4.69, 9.17) is 11.6 Å². The van der Waals surface area contributed by atoms with Gasteiger partial charge in [-0.25, -0.2) is 4.79 Å². The minimum absolute atomic E-state index is 0.125. The Morgan fingerprint density at radius 3 is 2.76 bits per heavy atom. The van der Waals surface area contributed by atoms with E-state index in [2.05, 4.69) is 15.0 Å². The molecule has 0 spiro atoms. The van der Waals surface area contributed by atoms with Crippen LogP contribution in [0.2, 0.25) is 5.02 Å². The Morgan fingerprint density at radius 1 is 1.29 bits per heavy atom. The predicted octanol–water partition coefficient (Wildman–Crippen LogP) is 2.70. The van der Waals surface area contributed by atoms with Crippen molar-refractivity contribution >= 4 is 29.2 Å². The van der Waals surface area contributed by atoms with Crippen molar-refractivity contribution in [3.05, 3.63) is 58.9 Å². The van der Waals surface area contributed by atoms with E-state index >= 15 is 0 Å². The Labute approximate surface area is 126 Å². The largest absolute Gasteiger partial charge is 0.465 e. The van der Waals surface area contributed by atoms with Crippen LogP contribution in [-0.4, -0.2) is 24.0 Å². The molecule has 0 atom stereocenters. The van der Waals surface area contributed by atoms with Crippen LogP contribution in [0.1, 0.15) is 16.1 Å². The SMILES string of the molecule is COC(=O)c1ccc(Cl)c(NC(=O)Cc2ccccn2)c1. The summed E-state index contributed by atoms with van der Waals surface area (Å²) in [6, 6.07) is 9.88. The van der Waals surface area contributed by atoms with Gasteiger partial charge in [-0.3, -0.25) is 9.78 Å². The summed E-state index contributed by atoms with van der Waals surface area (Å²) in [6.45, 7) is 0. The maximum Gasteiger partial charge on any atom is 0.337 e. The third-order valence-corrected chi connectivity index (χ3v) is 3.06. The number of ether oxygens (including phenoxy) is 1. The van der Waals surface area contributed by atoms with Crippen molar-refractivity contribution in [1.29, 1.82) is 0 Å². The lowest BCUT2D eigenvalue weighted by Gasteiger charge is -2.08. The summed E-state index contributed by atoms with van der Waals surface area (Å²) in [5.74, 6) is -0.760. The minimum Gasteiger partial charge on any atom is -0.465 e. The van der Waals surface area contributed by atoms with Gasteiger partial charge in [-0.05, 0) is 30.3 Å². The molecule has 0 aliphatic heterocycles. The number of nitrogens with zero attached hydrogens (tertiary/aromatic N) is 1. The van der Waals surface area contributed by atoms with Gasteiger partial charge in [-0.15, -0.1) is 0 Å². The Balaban J connectivity index is 2.11. The quantitative estimate of drug-likeness (QED) is 0.882. The molecule has 0 bridgehead atoms. The maximum absolute atomic E-state index is 12.0. The lowest BCUT2D eigenvalue weighted by Crippen LogP contribution is -2.16. The molecule has 5 nitrogen and oxygen atoms in total. The number of methoxy groups -OCH3 is 1. The number of hydrogen-bond donors (Lipinski definition) is 1.